The summed E-state index contributed by atoms with van der Waals surface area (Å²) in [4.78, 5) is 7.93. The van der Waals surface area contributed by atoms with Crippen molar-refractivity contribution < 1.29 is 0 Å². The lowest BCUT2D eigenvalue weighted by atomic mass is 10.1. The fourth-order valence-electron chi connectivity index (χ4n) is 2.45. The Balaban J connectivity index is 1.80. The first-order valence-electron chi connectivity index (χ1n) is 6.70. The minimum absolute atomic E-state index is 0.743. The van der Waals surface area contributed by atoms with Crippen molar-refractivity contribution >= 4 is 49.4 Å². The summed E-state index contributed by atoms with van der Waals surface area (Å²) < 4.78 is 1.01. The molecule has 0 saturated heterocycles. The van der Waals surface area contributed by atoms with E-state index in [0.29, 0.717) is 0 Å². The van der Waals surface area contributed by atoms with Crippen LogP contribution in [0.3, 0.4) is 0 Å². The average Bonchev–Trinajstić information content (AvgIpc) is 2.88. The number of aromatic amines is 1. The Morgan fingerprint density at radius 2 is 1.62 bits per heavy atom. The number of hydrogen-bond donors (Lipinski definition) is 2. The van der Waals surface area contributed by atoms with Crippen molar-refractivity contribution in [3.8, 4) is 0 Å². The van der Waals surface area contributed by atoms with Gasteiger partial charge < -0.3 is 10.3 Å². The highest BCUT2D eigenvalue weighted by atomic mass is 79.9. The Bertz CT molecular complexity index is 890. The molecule has 0 unspecified atom stereocenters. The summed E-state index contributed by atoms with van der Waals surface area (Å²) in [5.74, 6) is 0.743. The quantitative estimate of drug-likeness (QED) is 0.526. The lowest BCUT2D eigenvalue weighted by molar-refractivity contribution is 1.31. The highest BCUT2D eigenvalue weighted by molar-refractivity contribution is 9.10. The second-order valence-electron chi connectivity index (χ2n) is 4.91. The van der Waals surface area contributed by atoms with Gasteiger partial charge in [0.15, 0.2) is 0 Å². The van der Waals surface area contributed by atoms with Crippen LogP contribution in [0.1, 0.15) is 0 Å². The number of para-hydroxylation sites is 1. The Hall–Kier alpha value is -2.33. The van der Waals surface area contributed by atoms with Gasteiger partial charge in [0.05, 0.1) is 16.7 Å². The van der Waals surface area contributed by atoms with Gasteiger partial charge in [-0.05, 0) is 51.0 Å². The molecule has 1 heterocycles. The second-order valence-corrected chi connectivity index (χ2v) is 5.76. The van der Waals surface area contributed by atoms with Gasteiger partial charge in [0, 0.05) is 4.47 Å². The maximum atomic E-state index is 4.61. The van der Waals surface area contributed by atoms with Crippen molar-refractivity contribution in [1.82, 2.24) is 9.97 Å². The zero-order valence-electron chi connectivity index (χ0n) is 11.1. The van der Waals surface area contributed by atoms with E-state index in [1.165, 1.54) is 10.8 Å². The molecule has 0 aliphatic rings. The monoisotopic (exact) mass is 337 g/mol. The van der Waals surface area contributed by atoms with Crippen LogP contribution < -0.4 is 5.32 Å². The number of halogens is 1. The zero-order chi connectivity index (χ0) is 14.2. The SMILES string of the molecule is Brc1ccccc1Nc1nc2cc3ccccc3cc2[nH]1. The van der Waals surface area contributed by atoms with Crippen LogP contribution in [0.2, 0.25) is 0 Å². The van der Waals surface area contributed by atoms with E-state index >= 15 is 0 Å². The molecule has 3 aromatic carbocycles. The summed E-state index contributed by atoms with van der Waals surface area (Å²) >= 11 is 3.53. The third-order valence-electron chi connectivity index (χ3n) is 3.48. The molecule has 102 valence electrons. The van der Waals surface area contributed by atoms with Crippen molar-refractivity contribution in [1.29, 1.82) is 0 Å². The topological polar surface area (TPSA) is 40.7 Å². The van der Waals surface area contributed by atoms with E-state index in [9.17, 15) is 0 Å². The van der Waals surface area contributed by atoms with Crippen molar-refractivity contribution in [3.63, 3.8) is 0 Å². The lowest BCUT2D eigenvalue weighted by Crippen LogP contribution is -1.92. The Labute approximate surface area is 130 Å². The number of fused-ring (bicyclic) bond motifs is 2. The van der Waals surface area contributed by atoms with Crippen molar-refractivity contribution in [2.45, 2.75) is 0 Å². The van der Waals surface area contributed by atoms with E-state index < -0.39 is 0 Å². The number of rotatable bonds is 2. The third kappa shape index (κ3) is 2.28. The van der Waals surface area contributed by atoms with Gasteiger partial charge in [-0.15, -0.1) is 0 Å². The highest BCUT2D eigenvalue weighted by Crippen LogP contribution is 2.27. The van der Waals surface area contributed by atoms with Crippen LogP contribution in [0.25, 0.3) is 21.8 Å². The molecule has 0 radical (unpaired) electrons. The molecule has 4 aromatic rings. The molecule has 0 atom stereocenters. The van der Waals surface area contributed by atoms with Crippen molar-refractivity contribution in [2.24, 2.45) is 0 Å². The molecule has 4 heteroatoms. The molecular weight excluding hydrogens is 326 g/mol. The standard InChI is InChI=1S/C17H12BrN3/c18-13-7-3-4-8-14(13)19-17-20-15-9-11-5-1-2-6-12(11)10-16(15)21-17/h1-10H,(H2,19,20,21). The zero-order valence-corrected chi connectivity index (χ0v) is 12.7. The third-order valence-corrected chi connectivity index (χ3v) is 4.17. The number of H-pyrrole nitrogens is 1. The Morgan fingerprint density at radius 3 is 2.43 bits per heavy atom. The van der Waals surface area contributed by atoms with Crippen LogP contribution in [-0.2, 0) is 0 Å². The molecule has 0 fully saturated rings. The highest BCUT2D eigenvalue weighted by Gasteiger charge is 2.06. The first kappa shape index (κ1) is 12.4. The van der Waals surface area contributed by atoms with Crippen molar-refractivity contribution in [2.75, 3.05) is 5.32 Å². The average molecular weight is 338 g/mol. The molecule has 21 heavy (non-hydrogen) atoms. The molecule has 3 nitrogen and oxygen atoms in total. The summed E-state index contributed by atoms with van der Waals surface area (Å²) in [7, 11) is 0. The number of imidazole rings is 1. The largest absolute Gasteiger partial charge is 0.325 e. The predicted octanol–water partition coefficient (Wildman–Crippen LogP) is 5.22. The van der Waals surface area contributed by atoms with Gasteiger partial charge in [-0.25, -0.2) is 4.98 Å². The van der Waals surface area contributed by atoms with Crippen LogP contribution in [0.4, 0.5) is 11.6 Å². The Kier molecular flexibility index (Phi) is 2.89. The maximum absolute atomic E-state index is 4.61. The van der Waals surface area contributed by atoms with E-state index in [2.05, 4.69) is 55.5 Å². The smallest absolute Gasteiger partial charge is 0.205 e. The molecule has 0 amide bonds. The molecule has 0 aliphatic heterocycles. The fraction of sp³-hybridized carbons (Fsp3) is 0. The predicted molar refractivity (Wildman–Crippen MR) is 91.0 cm³/mol. The van der Waals surface area contributed by atoms with E-state index in [1.54, 1.807) is 0 Å². The molecule has 2 N–H and O–H groups in total. The van der Waals surface area contributed by atoms with E-state index in [1.807, 2.05) is 36.4 Å². The number of nitrogens with one attached hydrogen (secondary N) is 2. The lowest BCUT2D eigenvalue weighted by Gasteiger charge is -2.04. The normalized spacial score (nSPS) is 11.1. The minimum Gasteiger partial charge on any atom is -0.325 e. The summed E-state index contributed by atoms with van der Waals surface area (Å²) in [6.45, 7) is 0. The number of hydrogen-bond acceptors (Lipinski definition) is 2. The summed E-state index contributed by atoms with van der Waals surface area (Å²) in [5, 5.41) is 5.71. The second kappa shape index (κ2) is 4.90. The number of nitrogens with zero attached hydrogens (tertiary/aromatic N) is 1. The summed E-state index contributed by atoms with van der Waals surface area (Å²) in [6.07, 6.45) is 0. The van der Waals surface area contributed by atoms with Crippen LogP contribution in [-0.4, -0.2) is 9.97 Å². The van der Waals surface area contributed by atoms with E-state index in [-0.39, 0.29) is 0 Å². The van der Waals surface area contributed by atoms with Gasteiger partial charge >= 0.3 is 0 Å². The molecule has 0 aliphatic carbocycles. The van der Waals surface area contributed by atoms with Gasteiger partial charge in [-0.1, -0.05) is 36.4 Å². The van der Waals surface area contributed by atoms with E-state index in [4.69, 9.17) is 0 Å². The molecule has 4 rings (SSSR count). The molecule has 0 bridgehead atoms. The van der Waals surface area contributed by atoms with Gasteiger partial charge in [-0.2, -0.15) is 0 Å². The number of anilines is 2. The first-order valence-corrected chi connectivity index (χ1v) is 7.49. The van der Waals surface area contributed by atoms with Crippen LogP contribution in [0.5, 0.6) is 0 Å². The van der Waals surface area contributed by atoms with Gasteiger partial charge in [0.2, 0.25) is 5.95 Å². The molecule has 0 saturated carbocycles. The van der Waals surface area contributed by atoms with Crippen LogP contribution in [0.15, 0.2) is 65.1 Å². The maximum Gasteiger partial charge on any atom is 0.205 e. The van der Waals surface area contributed by atoms with E-state index in [0.717, 1.165) is 27.1 Å². The molecule has 1 aromatic heterocycles. The first-order chi connectivity index (χ1) is 10.3. The number of benzene rings is 3. The van der Waals surface area contributed by atoms with Crippen LogP contribution >= 0.6 is 15.9 Å². The van der Waals surface area contributed by atoms with Gasteiger partial charge in [0.1, 0.15) is 0 Å². The van der Waals surface area contributed by atoms with Gasteiger partial charge in [-0.3, -0.25) is 0 Å². The summed E-state index contributed by atoms with van der Waals surface area (Å²) in [6, 6.07) is 20.5. The molecular formula is C17H12BrN3. The summed E-state index contributed by atoms with van der Waals surface area (Å²) in [5.41, 5.74) is 2.98. The minimum atomic E-state index is 0.743. The van der Waals surface area contributed by atoms with Gasteiger partial charge in [0.25, 0.3) is 0 Å². The molecule has 0 spiro atoms. The van der Waals surface area contributed by atoms with Crippen LogP contribution in [0, 0.1) is 0 Å². The Morgan fingerprint density at radius 1 is 0.905 bits per heavy atom. The number of aromatic nitrogens is 2. The fourth-order valence-corrected chi connectivity index (χ4v) is 2.83. The van der Waals surface area contributed by atoms with Crippen molar-refractivity contribution in [3.05, 3.63) is 65.1 Å².